The number of carbonyl (C=O) groups is 4. The van der Waals surface area contributed by atoms with E-state index in [0.29, 0.717) is 25.4 Å². The third-order valence-electron chi connectivity index (χ3n) is 11.4. The van der Waals surface area contributed by atoms with Crippen LogP contribution in [0, 0.1) is 13.8 Å². The van der Waals surface area contributed by atoms with Gasteiger partial charge in [0.1, 0.15) is 0 Å². The standard InChI is InChI=1S/2C21H38O4.2C8H17.Sn/c2*1-2-3-4-5-6-7-8-9-10-11-12-13-14-15-16-19-25-21(24)18-17-20(22)23;2*1-3-5-7-8-6-4-2;/h2*17-18H,2-16,19H2,1H3,(H,22,23);2*1,3-8H2,2H3;/q;;;;+2/p-2/b2*18-17-;;;. The molecule has 8 nitrogen and oxygen atoms in total. The maximum Gasteiger partial charge on any atom is 2.00 e. The molecule has 0 heterocycles. The van der Waals surface area contributed by atoms with Gasteiger partial charge in [0.2, 0.25) is 0 Å². The molecule has 0 saturated carbocycles. The van der Waals surface area contributed by atoms with Gasteiger partial charge >= 0.3 is 35.8 Å². The smallest absolute Gasteiger partial charge is 0.545 e. The molecule has 0 saturated heterocycles. The zero-order chi connectivity index (χ0) is 49.7. The number of ether oxygens (including phenoxy) is 2. The first kappa shape index (κ1) is 74.1. The number of hydrogen-bond donors (Lipinski definition) is 0. The van der Waals surface area contributed by atoms with Gasteiger partial charge in [0, 0.05) is 12.2 Å². The second-order valence-corrected chi connectivity index (χ2v) is 18.1. The third kappa shape index (κ3) is 84.5. The van der Waals surface area contributed by atoms with Gasteiger partial charge in [0.25, 0.3) is 0 Å². The molecule has 0 atom stereocenters. The van der Waals surface area contributed by atoms with E-state index in [0.717, 1.165) is 50.7 Å². The molecule has 0 rings (SSSR count). The molecule has 0 aromatic heterocycles. The molecule has 0 aliphatic carbocycles. The summed E-state index contributed by atoms with van der Waals surface area (Å²) in [6.07, 6.45) is 57.9. The molecule has 0 unspecified atom stereocenters. The molecule has 0 spiro atoms. The molecule has 0 aliphatic rings. The summed E-state index contributed by atoms with van der Waals surface area (Å²) in [5.41, 5.74) is 0. The van der Waals surface area contributed by atoms with Crippen LogP contribution in [-0.4, -0.2) is 61.0 Å². The van der Waals surface area contributed by atoms with Crippen molar-refractivity contribution >= 4 is 47.8 Å². The van der Waals surface area contributed by atoms with Gasteiger partial charge in [-0.15, -0.1) is 0 Å². The molecule has 0 N–H and O–H groups in total. The van der Waals surface area contributed by atoms with Crippen molar-refractivity contribution < 1.29 is 38.9 Å². The molecule has 4 radical (unpaired) electrons. The van der Waals surface area contributed by atoms with E-state index in [1.165, 1.54) is 231 Å². The van der Waals surface area contributed by atoms with Gasteiger partial charge in [-0.25, -0.2) is 9.59 Å². The van der Waals surface area contributed by atoms with Gasteiger partial charge in [-0.3, -0.25) is 0 Å². The first-order valence-corrected chi connectivity index (χ1v) is 27.9. The van der Waals surface area contributed by atoms with Crippen LogP contribution in [0.2, 0.25) is 0 Å². The average molecular weight is 1050 g/mol. The number of unbranched alkanes of at least 4 members (excludes halogenated alkanes) is 38. The molecule has 67 heavy (non-hydrogen) atoms. The van der Waals surface area contributed by atoms with Gasteiger partial charge in [-0.2, -0.15) is 0 Å². The summed E-state index contributed by atoms with van der Waals surface area (Å²) in [6, 6.07) is 0. The Balaban J connectivity index is -0.000000285. The molecule has 0 aromatic carbocycles. The number of hydrogen-bond acceptors (Lipinski definition) is 8. The minimum absolute atomic E-state index is 0. The van der Waals surface area contributed by atoms with Crippen LogP contribution >= 0.6 is 0 Å². The van der Waals surface area contributed by atoms with Crippen LogP contribution in [0.5, 0.6) is 0 Å². The molecular weight excluding hydrogens is 943 g/mol. The number of aliphatic carboxylic acids is 2. The Labute approximate surface area is 433 Å². The fourth-order valence-electron chi connectivity index (χ4n) is 7.22. The second-order valence-electron chi connectivity index (χ2n) is 18.1. The number of carbonyl (C=O) groups excluding carboxylic acids is 4. The second kappa shape index (κ2) is 70.7. The van der Waals surface area contributed by atoms with Crippen molar-refractivity contribution in [1.29, 1.82) is 0 Å². The van der Waals surface area contributed by atoms with Crippen molar-refractivity contribution in [1.82, 2.24) is 0 Å². The monoisotopic (exact) mass is 1050 g/mol. The summed E-state index contributed by atoms with van der Waals surface area (Å²) < 4.78 is 9.78. The van der Waals surface area contributed by atoms with Crippen LogP contribution in [0.4, 0.5) is 0 Å². The zero-order valence-corrected chi connectivity index (χ0v) is 47.5. The summed E-state index contributed by atoms with van der Waals surface area (Å²) in [7, 11) is 0. The van der Waals surface area contributed by atoms with Gasteiger partial charge in [0.05, 0.1) is 25.2 Å². The fraction of sp³-hybridized carbons (Fsp3) is 0.828. The summed E-state index contributed by atoms with van der Waals surface area (Å²) in [5.74, 6) is -4.00. The molecule has 0 amide bonds. The Bertz CT molecular complexity index is 938. The van der Waals surface area contributed by atoms with Gasteiger partial charge < -0.3 is 29.3 Å². The van der Waals surface area contributed by atoms with E-state index in [2.05, 4.69) is 41.5 Å². The van der Waals surface area contributed by atoms with Gasteiger partial charge in [-0.05, 0) is 25.0 Å². The normalized spacial score (nSPS) is 10.6. The molecular formula is C58H108O8Sn. The predicted molar refractivity (Wildman–Crippen MR) is 283 cm³/mol. The maximum atomic E-state index is 11.1. The zero-order valence-electron chi connectivity index (χ0n) is 44.6. The van der Waals surface area contributed by atoms with Crippen molar-refractivity contribution in [2.24, 2.45) is 0 Å². The van der Waals surface area contributed by atoms with E-state index >= 15 is 0 Å². The van der Waals surface area contributed by atoms with Crippen LogP contribution in [-0.2, 0) is 28.7 Å². The van der Waals surface area contributed by atoms with Crippen LogP contribution in [0.25, 0.3) is 0 Å². The Morgan fingerprint density at radius 3 is 0.672 bits per heavy atom. The minimum atomic E-state index is -1.39. The van der Waals surface area contributed by atoms with Crippen LogP contribution in [0.3, 0.4) is 0 Å². The van der Waals surface area contributed by atoms with Crippen molar-refractivity contribution in [2.75, 3.05) is 13.2 Å². The molecule has 392 valence electrons. The predicted octanol–water partition coefficient (Wildman–Crippen LogP) is 15.4. The molecule has 0 fully saturated rings. The SMILES string of the molecule is CCCCCCCCCCCCCCCCCOC(=O)/C=C\C(=O)[O-].CCCCCCCCCCCCCCCCCOC(=O)/C=C\C(=O)[O-].[CH2]CCCCCCC.[CH2]CCCCCCC.[Sn+2]. The Hall–Kier alpha value is -1.84. The Morgan fingerprint density at radius 1 is 0.313 bits per heavy atom. The summed E-state index contributed by atoms with van der Waals surface area (Å²) in [5, 5.41) is 20.2. The van der Waals surface area contributed by atoms with Crippen LogP contribution < -0.4 is 10.2 Å². The van der Waals surface area contributed by atoms with E-state index in [9.17, 15) is 29.4 Å². The van der Waals surface area contributed by atoms with Crippen molar-refractivity contribution in [2.45, 2.75) is 297 Å². The van der Waals surface area contributed by atoms with E-state index in [1.807, 2.05) is 0 Å². The Kier molecular flexibility index (Phi) is 78.2. The van der Waals surface area contributed by atoms with Crippen molar-refractivity contribution in [3.05, 3.63) is 38.2 Å². The van der Waals surface area contributed by atoms with Crippen molar-refractivity contribution in [3.8, 4) is 0 Å². The van der Waals surface area contributed by atoms with E-state index in [4.69, 9.17) is 9.47 Å². The summed E-state index contributed by atoms with van der Waals surface area (Å²) >= 11 is 0. The number of carboxylic acids is 2. The fourth-order valence-corrected chi connectivity index (χ4v) is 7.22. The third-order valence-corrected chi connectivity index (χ3v) is 11.4. The molecule has 0 aromatic rings. The first-order chi connectivity index (χ1) is 32.2. The Morgan fingerprint density at radius 2 is 0.493 bits per heavy atom. The van der Waals surface area contributed by atoms with E-state index < -0.39 is 23.9 Å². The van der Waals surface area contributed by atoms with Crippen LogP contribution in [0.15, 0.2) is 24.3 Å². The number of carboxylic acid groups (broad SMARTS) is 2. The summed E-state index contributed by atoms with van der Waals surface area (Å²) in [6.45, 7) is 17.3. The molecule has 0 aliphatic heterocycles. The number of rotatable bonds is 46. The topological polar surface area (TPSA) is 133 Å². The first-order valence-electron chi connectivity index (χ1n) is 27.9. The van der Waals surface area contributed by atoms with Crippen molar-refractivity contribution in [3.63, 3.8) is 0 Å². The van der Waals surface area contributed by atoms with E-state index in [-0.39, 0.29) is 23.9 Å². The van der Waals surface area contributed by atoms with Crippen LogP contribution in [0.1, 0.15) is 297 Å². The molecule has 9 heteroatoms. The van der Waals surface area contributed by atoms with E-state index in [1.54, 1.807) is 0 Å². The quantitative estimate of drug-likeness (QED) is 0.0255. The average Bonchev–Trinajstić information content (AvgIpc) is 3.31. The molecule has 0 bridgehead atoms. The minimum Gasteiger partial charge on any atom is -0.545 e. The van der Waals surface area contributed by atoms with Gasteiger partial charge in [0.15, 0.2) is 0 Å². The largest absolute Gasteiger partial charge is 2.00 e. The number of esters is 2. The summed E-state index contributed by atoms with van der Waals surface area (Å²) in [4.78, 5) is 42.4. The maximum absolute atomic E-state index is 11.1. The van der Waals surface area contributed by atoms with Gasteiger partial charge in [-0.1, -0.05) is 298 Å².